The fourth-order valence-corrected chi connectivity index (χ4v) is 4.74. The van der Waals surface area contributed by atoms with Crippen LogP contribution < -0.4 is 10.0 Å². The number of aryl methyl sites for hydroxylation is 1. The molecule has 0 radical (unpaired) electrons. The Labute approximate surface area is 179 Å². The molecule has 2 N–H and O–H groups in total. The third-order valence-electron chi connectivity index (χ3n) is 4.26. The average Bonchev–Trinajstić information content (AvgIpc) is 2.65. The van der Waals surface area contributed by atoms with Gasteiger partial charge in [-0.25, -0.2) is 8.42 Å². The summed E-state index contributed by atoms with van der Waals surface area (Å²) in [6.07, 6.45) is 2.33. The number of sulfonamides is 1. The fraction of sp³-hybridized carbons (Fsp3) is 0.350. The normalized spacial score (nSPS) is 13.7. The Morgan fingerprint density at radius 2 is 1.86 bits per heavy atom. The van der Waals surface area contributed by atoms with Crippen LogP contribution in [-0.2, 0) is 14.8 Å². The topological polar surface area (TPSA) is 75.3 Å². The SMILES string of the molecule is CSCCC(NS(=O)(=O)c1ccc(C)cc1)C(=O)NC(C)c1cccc(Br)c1. The molecule has 0 fully saturated rings. The average molecular weight is 485 g/mol. The van der Waals surface area contributed by atoms with Crippen LogP contribution >= 0.6 is 27.7 Å². The number of hydrogen-bond donors (Lipinski definition) is 2. The van der Waals surface area contributed by atoms with E-state index in [4.69, 9.17) is 0 Å². The Kier molecular flexibility index (Phi) is 8.55. The largest absolute Gasteiger partial charge is 0.348 e. The van der Waals surface area contributed by atoms with Crippen LogP contribution in [0, 0.1) is 6.92 Å². The first-order valence-corrected chi connectivity index (χ1v) is 12.5. The molecular weight excluding hydrogens is 460 g/mol. The predicted octanol–water partition coefficient (Wildman–Crippen LogP) is 4.03. The van der Waals surface area contributed by atoms with Gasteiger partial charge in [-0.1, -0.05) is 45.8 Å². The fourth-order valence-electron chi connectivity index (χ4n) is 2.63. The van der Waals surface area contributed by atoms with E-state index in [1.165, 1.54) is 0 Å². The molecule has 0 aliphatic heterocycles. The Hall–Kier alpha value is -1.35. The van der Waals surface area contributed by atoms with Crippen molar-refractivity contribution in [3.63, 3.8) is 0 Å². The molecule has 0 bridgehead atoms. The number of rotatable bonds is 9. The van der Waals surface area contributed by atoms with Crippen molar-refractivity contribution in [3.05, 3.63) is 64.1 Å². The van der Waals surface area contributed by atoms with Crippen LogP contribution in [0.15, 0.2) is 57.9 Å². The van der Waals surface area contributed by atoms with Crippen molar-refractivity contribution in [3.8, 4) is 0 Å². The molecule has 1 amide bonds. The lowest BCUT2D eigenvalue weighted by molar-refractivity contribution is -0.123. The number of halogens is 1. The Balaban J connectivity index is 2.15. The highest BCUT2D eigenvalue weighted by molar-refractivity contribution is 9.10. The number of amides is 1. The maximum atomic E-state index is 12.8. The van der Waals surface area contributed by atoms with Crippen molar-refractivity contribution in [2.75, 3.05) is 12.0 Å². The second-order valence-electron chi connectivity index (χ2n) is 6.55. The summed E-state index contributed by atoms with van der Waals surface area (Å²) in [6, 6.07) is 13.1. The lowest BCUT2D eigenvalue weighted by Crippen LogP contribution is -2.47. The molecule has 0 spiro atoms. The van der Waals surface area contributed by atoms with Gasteiger partial charge in [0.05, 0.1) is 10.9 Å². The monoisotopic (exact) mass is 484 g/mol. The number of carbonyl (C=O) groups is 1. The number of hydrogen-bond acceptors (Lipinski definition) is 4. The molecule has 2 unspecified atom stereocenters. The highest BCUT2D eigenvalue weighted by Crippen LogP contribution is 2.18. The van der Waals surface area contributed by atoms with Crippen LogP contribution in [0.4, 0.5) is 0 Å². The zero-order valence-electron chi connectivity index (χ0n) is 16.1. The van der Waals surface area contributed by atoms with Gasteiger partial charge >= 0.3 is 0 Å². The molecule has 0 saturated heterocycles. The third-order valence-corrected chi connectivity index (χ3v) is 6.89. The standard InChI is InChI=1S/C20H25BrN2O3S2/c1-14-7-9-18(10-8-14)28(25,26)23-19(11-12-27-3)20(24)22-15(2)16-5-4-6-17(21)13-16/h4-10,13,15,19,23H,11-12H2,1-3H3,(H,22,24). The lowest BCUT2D eigenvalue weighted by Gasteiger charge is -2.21. The summed E-state index contributed by atoms with van der Waals surface area (Å²) < 4.78 is 28.9. The van der Waals surface area contributed by atoms with Crippen molar-refractivity contribution in [1.82, 2.24) is 10.0 Å². The Bertz CT molecular complexity index is 902. The van der Waals surface area contributed by atoms with Crippen LogP contribution in [0.5, 0.6) is 0 Å². The van der Waals surface area contributed by atoms with Gasteiger partial charge in [0, 0.05) is 4.47 Å². The molecule has 2 atom stereocenters. The number of benzene rings is 2. The van der Waals surface area contributed by atoms with Crippen molar-refractivity contribution in [1.29, 1.82) is 0 Å². The van der Waals surface area contributed by atoms with Crippen molar-refractivity contribution >= 4 is 43.6 Å². The van der Waals surface area contributed by atoms with E-state index < -0.39 is 16.1 Å². The first kappa shape index (κ1) is 22.9. The van der Waals surface area contributed by atoms with E-state index in [-0.39, 0.29) is 16.8 Å². The van der Waals surface area contributed by atoms with Crippen LogP contribution in [0.25, 0.3) is 0 Å². The predicted molar refractivity (Wildman–Crippen MR) is 119 cm³/mol. The van der Waals surface area contributed by atoms with E-state index in [1.54, 1.807) is 36.0 Å². The van der Waals surface area contributed by atoms with Crippen LogP contribution in [0.2, 0.25) is 0 Å². The van der Waals surface area contributed by atoms with Gasteiger partial charge in [0.1, 0.15) is 6.04 Å². The molecule has 152 valence electrons. The molecule has 2 aromatic rings. The third kappa shape index (κ3) is 6.62. The number of thioether (sulfide) groups is 1. The zero-order chi connectivity index (χ0) is 20.7. The molecule has 2 rings (SSSR count). The van der Waals surface area contributed by atoms with E-state index in [0.717, 1.165) is 15.6 Å². The molecule has 0 aliphatic carbocycles. The van der Waals surface area contributed by atoms with E-state index in [1.807, 2.05) is 44.4 Å². The van der Waals surface area contributed by atoms with E-state index in [2.05, 4.69) is 26.0 Å². The summed E-state index contributed by atoms with van der Waals surface area (Å²) >= 11 is 4.99. The molecule has 8 heteroatoms. The first-order valence-electron chi connectivity index (χ1n) is 8.86. The summed E-state index contributed by atoms with van der Waals surface area (Å²) in [5, 5.41) is 2.92. The number of nitrogens with one attached hydrogen (secondary N) is 2. The van der Waals surface area contributed by atoms with Crippen LogP contribution in [0.3, 0.4) is 0 Å². The molecular formula is C20H25BrN2O3S2. The van der Waals surface area contributed by atoms with Crippen molar-refractivity contribution < 1.29 is 13.2 Å². The van der Waals surface area contributed by atoms with Crippen LogP contribution in [-0.4, -0.2) is 32.4 Å². The summed E-state index contributed by atoms with van der Waals surface area (Å²) in [5.41, 5.74) is 1.91. The Morgan fingerprint density at radius 1 is 1.18 bits per heavy atom. The smallest absolute Gasteiger partial charge is 0.241 e. The lowest BCUT2D eigenvalue weighted by atomic mass is 10.1. The van der Waals surface area contributed by atoms with Gasteiger partial charge in [0.15, 0.2) is 0 Å². The van der Waals surface area contributed by atoms with Gasteiger partial charge in [0.2, 0.25) is 15.9 Å². The minimum atomic E-state index is -3.79. The molecule has 0 saturated carbocycles. The molecule has 0 heterocycles. The quantitative estimate of drug-likeness (QED) is 0.563. The minimum absolute atomic E-state index is 0.153. The first-order chi connectivity index (χ1) is 13.2. The van der Waals surface area contributed by atoms with Gasteiger partial charge in [-0.3, -0.25) is 4.79 Å². The van der Waals surface area contributed by atoms with Gasteiger partial charge < -0.3 is 5.32 Å². The van der Waals surface area contributed by atoms with Gasteiger partial charge in [-0.05, 0) is 62.1 Å². The Morgan fingerprint density at radius 3 is 2.46 bits per heavy atom. The molecule has 0 aromatic heterocycles. The zero-order valence-corrected chi connectivity index (χ0v) is 19.3. The summed E-state index contributed by atoms with van der Waals surface area (Å²) in [6.45, 7) is 3.77. The molecule has 2 aromatic carbocycles. The van der Waals surface area contributed by atoms with E-state index in [9.17, 15) is 13.2 Å². The van der Waals surface area contributed by atoms with Gasteiger partial charge in [-0.2, -0.15) is 16.5 Å². The highest BCUT2D eigenvalue weighted by atomic mass is 79.9. The van der Waals surface area contributed by atoms with Crippen molar-refractivity contribution in [2.24, 2.45) is 0 Å². The van der Waals surface area contributed by atoms with Crippen LogP contribution in [0.1, 0.15) is 30.5 Å². The maximum absolute atomic E-state index is 12.8. The second-order valence-corrected chi connectivity index (χ2v) is 10.2. The van der Waals surface area contributed by atoms with Gasteiger partial charge in [-0.15, -0.1) is 0 Å². The maximum Gasteiger partial charge on any atom is 0.241 e. The highest BCUT2D eigenvalue weighted by Gasteiger charge is 2.26. The minimum Gasteiger partial charge on any atom is -0.348 e. The molecule has 28 heavy (non-hydrogen) atoms. The molecule has 5 nitrogen and oxygen atoms in total. The second kappa shape index (κ2) is 10.4. The van der Waals surface area contributed by atoms with Crippen molar-refractivity contribution in [2.45, 2.75) is 37.2 Å². The van der Waals surface area contributed by atoms with E-state index >= 15 is 0 Å². The number of carbonyl (C=O) groups excluding carboxylic acids is 1. The molecule has 0 aliphatic rings. The van der Waals surface area contributed by atoms with E-state index in [0.29, 0.717) is 12.2 Å². The summed E-state index contributed by atoms with van der Waals surface area (Å²) in [5.74, 6) is 0.331. The van der Waals surface area contributed by atoms with Gasteiger partial charge in [0.25, 0.3) is 0 Å². The summed E-state index contributed by atoms with van der Waals surface area (Å²) in [7, 11) is -3.79. The summed E-state index contributed by atoms with van der Waals surface area (Å²) in [4.78, 5) is 13.0.